The predicted molar refractivity (Wildman–Crippen MR) is 66.4 cm³/mol. The number of halogens is 1. The van der Waals surface area contributed by atoms with Crippen molar-refractivity contribution in [3.8, 4) is 0 Å². The molecule has 0 N–H and O–H groups in total. The summed E-state index contributed by atoms with van der Waals surface area (Å²) in [6.45, 7) is 8.50. The van der Waals surface area contributed by atoms with Gasteiger partial charge in [0.2, 0.25) is 0 Å². The Morgan fingerprint density at radius 1 is 1.35 bits per heavy atom. The van der Waals surface area contributed by atoms with Crippen LogP contribution in [0.2, 0.25) is 0 Å². The maximum atomic E-state index is 11.2. The highest BCUT2D eigenvalue weighted by atomic mass is 35.7. The lowest BCUT2D eigenvalue weighted by molar-refractivity contribution is 0.255. The summed E-state index contributed by atoms with van der Waals surface area (Å²) in [7, 11) is 3.04. The van der Waals surface area contributed by atoms with Gasteiger partial charge >= 0.3 is 0 Å². The minimum atomic E-state index is -3.82. The fraction of sp³-hybridized carbons (Fsp3) is 0.800. The van der Waals surface area contributed by atoms with Crippen molar-refractivity contribution in [1.29, 1.82) is 0 Å². The Balaban J connectivity index is 3.00. The first-order valence-electron chi connectivity index (χ1n) is 5.36. The number of aromatic nitrogens is 3. The van der Waals surface area contributed by atoms with E-state index >= 15 is 0 Å². The van der Waals surface area contributed by atoms with Crippen LogP contribution in [0.25, 0.3) is 0 Å². The van der Waals surface area contributed by atoms with Crippen LogP contribution in [0.3, 0.4) is 0 Å². The second-order valence-electron chi connectivity index (χ2n) is 5.37. The molecule has 0 aromatic carbocycles. The van der Waals surface area contributed by atoms with E-state index < -0.39 is 9.05 Å². The number of hydrogen-bond donors (Lipinski definition) is 0. The molecular weight excluding hydrogens is 262 g/mol. The van der Waals surface area contributed by atoms with Crippen LogP contribution < -0.4 is 0 Å². The molecule has 0 fully saturated rings. The summed E-state index contributed by atoms with van der Waals surface area (Å²) in [6.07, 6.45) is 0.666. The van der Waals surface area contributed by atoms with Crippen LogP contribution in [-0.2, 0) is 22.5 Å². The Labute approximate surface area is 107 Å². The number of rotatable bonds is 3. The highest BCUT2D eigenvalue weighted by Crippen LogP contribution is 2.28. The van der Waals surface area contributed by atoms with E-state index in [2.05, 4.69) is 37.9 Å². The van der Waals surface area contributed by atoms with Gasteiger partial charge in [0.25, 0.3) is 14.2 Å². The summed E-state index contributed by atoms with van der Waals surface area (Å²) in [5, 5.41) is 7.30. The van der Waals surface area contributed by atoms with Crippen molar-refractivity contribution in [3.05, 3.63) is 5.82 Å². The van der Waals surface area contributed by atoms with Crippen molar-refractivity contribution >= 4 is 19.7 Å². The molecule has 0 aliphatic carbocycles. The van der Waals surface area contributed by atoms with Gasteiger partial charge in [0.05, 0.1) is 0 Å². The zero-order valence-corrected chi connectivity index (χ0v) is 12.3. The zero-order valence-electron chi connectivity index (χ0n) is 10.7. The molecule has 0 amide bonds. The zero-order chi connectivity index (χ0) is 13.4. The van der Waals surface area contributed by atoms with Gasteiger partial charge in [-0.25, -0.2) is 8.42 Å². The molecule has 0 aliphatic rings. The molecule has 0 spiro atoms. The summed E-state index contributed by atoms with van der Waals surface area (Å²) in [4.78, 5) is 0. The first-order valence-corrected chi connectivity index (χ1v) is 7.67. The monoisotopic (exact) mass is 279 g/mol. The molecule has 0 saturated heterocycles. The van der Waals surface area contributed by atoms with Gasteiger partial charge in [-0.1, -0.05) is 27.7 Å². The average molecular weight is 280 g/mol. The van der Waals surface area contributed by atoms with Gasteiger partial charge in [-0.15, -0.1) is 10.2 Å². The molecule has 7 heteroatoms. The largest absolute Gasteiger partial charge is 0.304 e. The topological polar surface area (TPSA) is 64.8 Å². The molecule has 1 aromatic heterocycles. The highest BCUT2D eigenvalue weighted by Gasteiger charge is 2.25. The highest BCUT2D eigenvalue weighted by molar-refractivity contribution is 8.13. The Morgan fingerprint density at radius 3 is 2.24 bits per heavy atom. The first kappa shape index (κ1) is 14.4. The van der Waals surface area contributed by atoms with Crippen molar-refractivity contribution in [2.45, 2.75) is 39.3 Å². The van der Waals surface area contributed by atoms with E-state index in [1.807, 2.05) is 0 Å². The van der Waals surface area contributed by atoms with Crippen LogP contribution in [0.15, 0.2) is 5.16 Å². The standard InChI is InChI=1S/C10H18ClN3O2S/c1-7(10(2,3)4)6-8-12-13-9(14(8)5)17(11,15)16/h7H,6H2,1-5H3. The lowest BCUT2D eigenvalue weighted by Gasteiger charge is -2.26. The minimum absolute atomic E-state index is 0.131. The third-order valence-electron chi connectivity index (χ3n) is 3.11. The molecule has 0 aliphatic heterocycles. The molecule has 1 atom stereocenters. The second kappa shape index (κ2) is 4.57. The van der Waals surface area contributed by atoms with E-state index in [4.69, 9.17) is 10.7 Å². The van der Waals surface area contributed by atoms with Gasteiger partial charge in [-0.3, -0.25) is 0 Å². The molecule has 1 unspecified atom stereocenters. The van der Waals surface area contributed by atoms with Crippen LogP contribution in [0.4, 0.5) is 0 Å². The van der Waals surface area contributed by atoms with E-state index in [0.29, 0.717) is 18.2 Å². The van der Waals surface area contributed by atoms with Crippen molar-refractivity contribution in [1.82, 2.24) is 14.8 Å². The van der Waals surface area contributed by atoms with Gasteiger partial charge in [0.15, 0.2) is 0 Å². The Kier molecular flexibility index (Phi) is 3.88. The summed E-state index contributed by atoms with van der Waals surface area (Å²) >= 11 is 0. The van der Waals surface area contributed by atoms with Crippen molar-refractivity contribution < 1.29 is 8.42 Å². The summed E-state index contributed by atoms with van der Waals surface area (Å²) in [5.41, 5.74) is 0.131. The molecule has 1 heterocycles. The second-order valence-corrected chi connectivity index (χ2v) is 7.83. The number of hydrogen-bond acceptors (Lipinski definition) is 4. The third-order valence-corrected chi connectivity index (χ3v) is 4.32. The van der Waals surface area contributed by atoms with Gasteiger partial charge in [-0.2, -0.15) is 0 Å². The lowest BCUT2D eigenvalue weighted by atomic mass is 9.80. The smallest absolute Gasteiger partial charge is 0.296 e. The van der Waals surface area contributed by atoms with Crippen LogP contribution in [0, 0.1) is 11.3 Å². The maximum Gasteiger partial charge on any atom is 0.296 e. The fourth-order valence-corrected chi connectivity index (χ4v) is 2.29. The molecule has 5 nitrogen and oxygen atoms in total. The molecule has 0 radical (unpaired) electrons. The van der Waals surface area contributed by atoms with Crippen LogP contribution in [-0.4, -0.2) is 23.2 Å². The van der Waals surface area contributed by atoms with Gasteiger partial charge in [0.1, 0.15) is 5.82 Å². The van der Waals surface area contributed by atoms with Crippen molar-refractivity contribution in [2.75, 3.05) is 0 Å². The summed E-state index contributed by atoms with van der Waals surface area (Å²) in [5.74, 6) is 0.989. The predicted octanol–water partition coefficient (Wildman–Crippen LogP) is 1.97. The first-order chi connectivity index (χ1) is 7.53. The molecule has 1 rings (SSSR count). The molecule has 0 saturated carbocycles. The van der Waals surface area contributed by atoms with E-state index in [1.165, 1.54) is 4.57 Å². The lowest BCUT2D eigenvalue weighted by Crippen LogP contribution is -2.21. The van der Waals surface area contributed by atoms with Crippen LogP contribution in [0.5, 0.6) is 0 Å². The molecule has 0 bridgehead atoms. The van der Waals surface area contributed by atoms with Crippen LogP contribution in [0.1, 0.15) is 33.5 Å². The van der Waals surface area contributed by atoms with Gasteiger partial charge in [0, 0.05) is 24.2 Å². The molecule has 1 aromatic rings. The maximum absolute atomic E-state index is 11.2. The fourth-order valence-electron chi connectivity index (χ4n) is 1.32. The van der Waals surface area contributed by atoms with Gasteiger partial charge in [-0.05, 0) is 11.3 Å². The minimum Gasteiger partial charge on any atom is -0.304 e. The number of nitrogens with zero attached hydrogens (tertiary/aromatic N) is 3. The summed E-state index contributed by atoms with van der Waals surface area (Å²) < 4.78 is 23.8. The van der Waals surface area contributed by atoms with E-state index in [1.54, 1.807) is 7.05 Å². The Morgan fingerprint density at radius 2 is 1.88 bits per heavy atom. The van der Waals surface area contributed by atoms with Gasteiger partial charge < -0.3 is 4.57 Å². The molecule has 98 valence electrons. The Bertz CT molecular complexity index is 502. The SMILES string of the molecule is CC(Cc1nnc(S(=O)(=O)Cl)n1C)C(C)(C)C. The average Bonchev–Trinajstić information content (AvgIpc) is 2.45. The van der Waals surface area contributed by atoms with Crippen molar-refractivity contribution in [3.63, 3.8) is 0 Å². The quantitative estimate of drug-likeness (QED) is 0.794. The molecular formula is C10H18ClN3O2S. The van der Waals surface area contributed by atoms with E-state index in [-0.39, 0.29) is 10.6 Å². The molecule has 17 heavy (non-hydrogen) atoms. The third kappa shape index (κ3) is 3.42. The van der Waals surface area contributed by atoms with Crippen molar-refractivity contribution in [2.24, 2.45) is 18.4 Å². The normalized spacial score (nSPS) is 14.9. The Hall–Kier alpha value is -0.620. The summed E-state index contributed by atoms with van der Waals surface area (Å²) in [6, 6.07) is 0. The van der Waals surface area contributed by atoms with E-state index in [0.717, 1.165) is 0 Å². The van der Waals surface area contributed by atoms with E-state index in [9.17, 15) is 8.42 Å². The van der Waals surface area contributed by atoms with Crippen LogP contribution >= 0.6 is 10.7 Å².